The second-order valence-electron chi connectivity index (χ2n) is 7.25. The zero-order valence-corrected chi connectivity index (χ0v) is 20.2. The first-order chi connectivity index (χ1) is 15.6. The highest BCUT2D eigenvalue weighted by Gasteiger charge is 2.22. The first-order valence-corrected chi connectivity index (χ1v) is 12.0. The standard InChI is InChI=1S/C22H22FNO2.C2H6.CH6N2S/c1-15-10-11-20(23)19(12-15)18-8-4-5-9-21(18)25-13-17-14-26-22(24-17)16-6-2-3-7-16;1-2;1-3-4-2/h4-5,8-12,14,16H,2-3,6-7,13H2,1H3;1-2H3;3H,2H2,1H3. The van der Waals surface area contributed by atoms with Gasteiger partial charge in [-0.15, -0.1) is 0 Å². The predicted octanol–water partition coefficient (Wildman–Crippen LogP) is 6.78. The molecule has 5 nitrogen and oxygen atoms in total. The molecular weight excluding hydrogens is 425 g/mol. The average Bonchev–Trinajstić information content (AvgIpc) is 3.53. The molecular formula is C25H34FN3O2S. The first-order valence-electron chi connectivity index (χ1n) is 11.1. The SMILES string of the molecule is CC.CNSN.Cc1ccc(F)c(-c2ccccc2OCc2coc(C3CCCC3)n2)c1. The third kappa shape index (κ3) is 7.36. The summed E-state index contributed by atoms with van der Waals surface area (Å²) in [5.74, 6) is 1.65. The Morgan fingerprint density at radius 3 is 2.53 bits per heavy atom. The molecule has 1 saturated carbocycles. The Bertz CT molecular complexity index is 940. The molecule has 0 aliphatic heterocycles. The summed E-state index contributed by atoms with van der Waals surface area (Å²) in [6.45, 7) is 6.26. The van der Waals surface area contributed by atoms with Gasteiger partial charge in [-0.3, -0.25) is 9.86 Å². The van der Waals surface area contributed by atoms with Crippen LogP contribution in [0.5, 0.6) is 5.75 Å². The van der Waals surface area contributed by atoms with Crippen molar-refractivity contribution >= 4 is 12.1 Å². The summed E-state index contributed by atoms with van der Waals surface area (Å²) in [6.07, 6.45) is 6.46. The van der Waals surface area contributed by atoms with Gasteiger partial charge in [-0.1, -0.05) is 56.5 Å². The fraction of sp³-hybridized carbons (Fsp3) is 0.400. The Labute approximate surface area is 195 Å². The Hall–Kier alpha value is -2.35. The molecule has 0 unspecified atom stereocenters. The molecule has 0 radical (unpaired) electrons. The lowest BCUT2D eigenvalue weighted by molar-refractivity contribution is 0.302. The number of hydrogen-bond acceptors (Lipinski definition) is 6. The van der Waals surface area contributed by atoms with Crippen molar-refractivity contribution in [1.82, 2.24) is 9.71 Å². The van der Waals surface area contributed by atoms with Crippen LogP contribution < -0.4 is 14.6 Å². The molecule has 174 valence electrons. The van der Waals surface area contributed by atoms with E-state index in [1.54, 1.807) is 19.4 Å². The summed E-state index contributed by atoms with van der Waals surface area (Å²) >= 11 is 1.11. The molecule has 32 heavy (non-hydrogen) atoms. The Morgan fingerprint density at radius 1 is 1.16 bits per heavy atom. The normalized spacial score (nSPS) is 13.1. The molecule has 7 heteroatoms. The van der Waals surface area contributed by atoms with Gasteiger partial charge in [0, 0.05) is 17.0 Å². The van der Waals surface area contributed by atoms with Crippen molar-refractivity contribution in [2.24, 2.45) is 5.14 Å². The molecule has 3 N–H and O–H groups in total. The third-order valence-corrected chi connectivity index (χ3v) is 5.30. The van der Waals surface area contributed by atoms with Gasteiger partial charge >= 0.3 is 0 Å². The number of nitrogens with two attached hydrogens (primary N) is 1. The van der Waals surface area contributed by atoms with Crippen molar-refractivity contribution < 1.29 is 13.5 Å². The van der Waals surface area contributed by atoms with E-state index in [0.29, 0.717) is 23.8 Å². The number of rotatable bonds is 6. The molecule has 2 aromatic carbocycles. The highest BCUT2D eigenvalue weighted by atomic mass is 32.2. The number of aromatic nitrogens is 1. The molecule has 0 bridgehead atoms. The quantitative estimate of drug-likeness (QED) is 0.396. The number of halogens is 1. The van der Waals surface area contributed by atoms with Crippen molar-refractivity contribution in [2.45, 2.75) is 59.0 Å². The van der Waals surface area contributed by atoms with Crippen LogP contribution >= 0.6 is 12.1 Å². The summed E-state index contributed by atoms with van der Waals surface area (Å²) in [7, 11) is 1.77. The number of nitrogens with one attached hydrogen (secondary N) is 1. The van der Waals surface area contributed by atoms with Crippen LogP contribution in [0.15, 0.2) is 53.1 Å². The van der Waals surface area contributed by atoms with E-state index in [-0.39, 0.29) is 5.82 Å². The van der Waals surface area contributed by atoms with E-state index in [1.165, 1.54) is 18.9 Å². The minimum absolute atomic E-state index is 0.253. The van der Waals surface area contributed by atoms with E-state index in [0.717, 1.165) is 47.7 Å². The summed E-state index contributed by atoms with van der Waals surface area (Å²) in [5.41, 5.74) is 3.07. The summed E-state index contributed by atoms with van der Waals surface area (Å²) in [6, 6.07) is 12.6. The number of nitrogens with zero attached hydrogens (tertiary/aromatic N) is 1. The van der Waals surface area contributed by atoms with E-state index < -0.39 is 0 Å². The molecule has 0 spiro atoms. The molecule has 1 aliphatic rings. The number of ether oxygens (including phenoxy) is 1. The molecule has 1 aliphatic carbocycles. The number of aryl methyl sites for hydroxylation is 1. The van der Waals surface area contributed by atoms with Crippen LogP contribution in [-0.2, 0) is 6.61 Å². The lowest BCUT2D eigenvalue weighted by atomic mass is 10.0. The van der Waals surface area contributed by atoms with Crippen molar-refractivity contribution in [1.29, 1.82) is 0 Å². The fourth-order valence-electron chi connectivity index (χ4n) is 3.56. The van der Waals surface area contributed by atoms with Gasteiger partial charge in [0.2, 0.25) is 0 Å². The van der Waals surface area contributed by atoms with Gasteiger partial charge in [-0.25, -0.2) is 9.37 Å². The van der Waals surface area contributed by atoms with E-state index in [9.17, 15) is 4.39 Å². The van der Waals surface area contributed by atoms with E-state index in [4.69, 9.17) is 14.3 Å². The highest BCUT2D eigenvalue weighted by molar-refractivity contribution is 7.95. The smallest absolute Gasteiger partial charge is 0.197 e. The summed E-state index contributed by atoms with van der Waals surface area (Å²) in [5, 5.41) is 4.83. The molecule has 0 amide bonds. The maximum Gasteiger partial charge on any atom is 0.197 e. The largest absolute Gasteiger partial charge is 0.487 e. The molecule has 1 fully saturated rings. The van der Waals surface area contributed by atoms with E-state index in [2.05, 4.69) is 9.71 Å². The molecule has 0 atom stereocenters. The monoisotopic (exact) mass is 459 g/mol. The number of benzene rings is 2. The summed E-state index contributed by atoms with van der Waals surface area (Å²) < 4.78 is 28.5. The minimum Gasteiger partial charge on any atom is -0.487 e. The lowest BCUT2D eigenvalue weighted by Gasteiger charge is -2.12. The van der Waals surface area contributed by atoms with Crippen LogP contribution in [0.1, 0.15) is 62.6 Å². The second-order valence-corrected chi connectivity index (χ2v) is 7.89. The topological polar surface area (TPSA) is 73.3 Å². The van der Waals surface area contributed by atoms with Crippen molar-refractivity contribution in [3.05, 3.63) is 71.7 Å². The molecule has 0 saturated heterocycles. The number of hydrogen-bond donors (Lipinski definition) is 2. The third-order valence-electron chi connectivity index (χ3n) is 5.07. The van der Waals surface area contributed by atoms with Gasteiger partial charge in [0.25, 0.3) is 0 Å². The Morgan fingerprint density at radius 2 is 1.84 bits per heavy atom. The number of para-hydroxylation sites is 1. The zero-order chi connectivity index (χ0) is 23.3. The maximum atomic E-state index is 14.3. The van der Waals surface area contributed by atoms with Crippen molar-refractivity contribution in [3.8, 4) is 16.9 Å². The van der Waals surface area contributed by atoms with Gasteiger partial charge in [0.1, 0.15) is 30.1 Å². The highest BCUT2D eigenvalue weighted by Crippen LogP contribution is 2.35. The van der Waals surface area contributed by atoms with Crippen LogP contribution in [0.25, 0.3) is 11.1 Å². The zero-order valence-electron chi connectivity index (χ0n) is 19.4. The second kappa shape index (κ2) is 13.9. The van der Waals surface area contributed by atoms with E-state index >= 15 is 0 Å². The average molecular weight is 460 g/mol. The van der Waals surface area contributed by atoms with Crippen LogP contribution in [0.3, 0.4) is 0 Å². The van der Waals surface area contributed by atoms with Gasteiger partial charge in [0.15, 0.2) is 5.89 Å². The van der Waals surface area contributed by atoms with Crippen LogP contribution in [-0.4, -0.2) is 12.0 Å². The van der Waals surface area contributed by atoms with Crippen molar-refractivity contribution in [3.63, 3.8) is 0 Å². The fourth-order valence-corrected chi connectivity index (χ4v) is 3.56. The predicted molar refractivity (Wildman–Crippen MR) is 131 cm³/mol. The molecule has 1 aromatic heterocycles. The van der Waals surface area contributed by atoms with E-state index in [1.807, 2.05) is 51.1 Å². The Kier molecular flexibility index (Phi) is 11.3. The van der Waals surface area contributed by atoms with Crippen LogP contribution in [0.4, 0.5) is 4.39 Å². The van der Waals surface area contributed by atoms with Gasteiger partial charge in [-0.05, 0) is 57.1 Å². The van der Waals surface area contributed by atoms with Crippen molar-refractivity contribution in [2.75, 3.05) is 7.05 Å². The lowest BCUT2D eigenvalue weighted by Crippen LogP contribution is -1.99. The van der Waals surface area contributed by atoms with Crippen LogP contribution in [0, 0.1) is 12.7 Å². The van der Waals surface area contributed by atoms with Gasteiger partial charge in [0.05, 0.1) is 0 Å². The number of oxazole rings is 1. The van der Waals surface area contributed by atoms with Crippen LogP contribution in [0.2, 0.25) is 0 Å². The molecule has 3 aromatic rings. The minimum atomic E-state index is -0.253. The first kappa shape index (κ1) is 25.9. The maximum absolute atomic E-state index is 14.3. The molecule has 4 rings (SSSR count). The van der Waals surface area contributed by atoms with Gasteiger partial charge < -0.3 is 9.15 Å². The van der Waals surface area contributed by atoms with Gasteiger partial charge in [-0.2, -0.15) is 0 Å². The molecule has 1 heterocycles. The summed E-state index contributed by atoms with van der Waals surface area (Å²) in [4.78, 5) is 4.58. The Balaban J connectivity index is 0.000000547.